The minimum Gasteiger partial charge on any atom is -0.392 e. The Hall–Kier alpha value is -0.120. The van der Waals surface area contributed by atoms with Crippen molar-refractivity contribution in [2.45, 2.75) is 39.4 Å². The van der Waals surface area contributed by atoms with Gasteiger partial charge in [0.1, 0.15) is 0 Å². The minimum atomic E-state index is -0.676. The fourth-order valence-electron chi connectivity index (χ4n) is 1.23. The molecule has 0 aromatic heterocycles. The third kappa shape index (κ3) is 6.58. The summed E-state index contributed by atoms with van der Waals surface area (Å²) in [6.07, 6.45) is -0.327. The molecule has 0 aromatic carbocycles. The SMILES string of the molecule is CCN(C[C@@H](C)O)CC(C)(C)O. The van der Waals surface area contributed by atoms with E-state index in [1.54, 1.807) is 20.8 Å². The summed E-state index contributed by atoms with van der Waals surface area (Å²) in [7, 11) is 0. The van der Waals surface area contributed by atoms with Gasteiger partial charge in [-0.25, -0.2) is 0 Å². The van der Waals surface area contributed by atoms with Crippen LogP contribution in [0, 0.1) is 0 Å². The fraction of sp³-hybridized carbons (Fsp3) is 1.00. The lowest BCUT2D eigenvalue weighted by Crippen LogP contribution is -2.41. The normalized spacial score (nSPS) is 15.2. The molecule has 0 heterocycles. The molecule has 0 unspecified atom stereocenters. The van der Waals surface area contributed by atoms with E-state index in [0.717, 1.165) is 6.54 Å². The van der Waals surface area contributed by atoms with Gasteiger partial charge in [-0.1, -0.05) is 6.92 Å². The van der Waals surface area contributed by atoms with Crippen LogP contribution in [0.5, 0.6) is 0 Å². The maximum Gasteiger partial charge on any atom is 0.0718 e. The van der Waals surface area contributed by atoms with Gasteiger partial charge >= 0.3 is 0 Å². The van der Waals surface area contributed by atoms with Crippen molar-refractivity contribution in [3.63, 3.8) is 0 Å². The van der Waals surface area contributed by atoms with Gasteiger partial charge in [0.2, 0.25) is 0 Å². The largest absolute Gasteiger partial charge is 0.392 e. The lowest BCUT2D eigenvalue weighted by molar-refractivity contribution is 0.0233. The Balaban J connectivity index is 3.83. The second kappa shape index (κ2) is 4.80. The lowest BCUT2D eigenvalue weighted by Gasteiger charge is -2.28. The Morgan fingerprint density at radius 3 is 2.17 bits per heavy atom. The fourth-order valence-corrected chi connectivity index (χ4v) is 1.23. The van der Waals surface area contributed by atoms with Crippen LogP contribution in [-0.2, 0) is 0 Å². The molecule has 0 amide bonds. The molecule has 3 heteroatoms. The number of aliphatic hydroxyl groups is 2. The first-order valence-corrected chi connectivity index (χ1v) is 4.48. The van der Waals surface area contributed by atoms with E-state index in [2.05, 4.69) is 0 Å². The van der Waals surface area contributed by atoms with E-state index in [0.29, 0.717) is 13.1 Å². The van der Waals surface area contributed by atoms with Crippen molar-refractivity contribution < 1.29 is 10.2 Å². The molecule has 0 aliphatic carbocycles. The highest BCUT2D eigenvalue weighted by Gasteiger charge is 2.17. The van der Waals surface area contributed by atoms with Crippen molar-refractivity contribution in [3.05, 3.63) is 0 Å². The molecule has 12 heavy (non-hydrogen) atoms. The third-order valence-corrected chi connectivity index (χ3v) is 1.58. The van der Waals surface area contributed by atoms with E-state index in [1.807, 2.05) is 11.8 Å². The van der Waals surface area contributed by atoms with Gasteiger partial charge in [-0.15, -0.1) is 0 Å². The summed E-state index contributed by atoms with van der Waals surface area (Å²) in [5.74, 6) is 0. The van der Waals surface area contributed by atoms with Crippen LogP contribution < -0.4 is 0 Å². The summed E-state index contributed by atoms with van der Waals surface area (Å²) >= 11 is 0. The molecule has 0 fully saturated rings. The molecule has 0 aromatic rings. The van der Waals surface area contributed by atoms with Crippen molar-refractivity contribution in [1.82, 2.24) is 4.90 Å². The van der Waals surface area contributed by atoms with Gasteiger partial charge in [-0.2, -0.15) is 0 Å². The van der Waals surface area contributed by atoms with E-state index in [9.17, 15) is 5.11 Å². The molecule has 0 radical (unpaired) electrons. The highest BCUT2D eigenvalue weighted by Crippen LogP contribution is 2.04. The Morgan fingerprint density at radius 1 is 1.42 bits per heavy atom. The predicted molar refractivity (Wildman–Crippen MR) is 50.1 cm³/mol. The molecule has 0 bridgehead atoms. The summed E-state index contributed by atoms with van der Waals surface area (Å²) in [4.78, 5) is 2.03. The predicted octanol–water partition coefficient (Wildman–Crippen LogP) is 0.460. The molecule has 1 atom stereocenters. The van der Waals surface area contributed by atoms with Gasteiger partial charge in [0, 0.05) is 13.1 Å². The number of nitrogens with zero attached hydrogens (tertiary/aromatic N) is 1. The molecule has 0 saturated carbocycles. The van der Waals surface area contributed by atoms with Crippen LogP contribution in [0.15, 0.2) is 0 Å². The van der Waals surface area contributed by atoms with Gasteiger partial charge in [-0.05, 0) is 27.3 Å². The number of hydrogen-bond donors (Lipinski definition) is 2. The first kappa shape index (κ1) is 11.9. The number of hydrogen-bond acceptors (Lipinski definition) is 3. The second-order valence-electron chi connectivity index (χ2n) is 3.99. The average Bonchev–Trinajstić information content (AvgIpc) is 1.82. The highest BCUT2D eigenvalue weighted by atomic mass is 16.3. The molecule has 2 N–H and O–H groups in total. The van der Waals surface area contributed by atoms with Gasteiger partial charge in [0.15, 0.2) is 0 Å². The first-order valence-electron chi connectivity index (χ1n) is 4.48. The van der Waals surface area contributed by atoms with E-state index in [1.165, 1.54) is 0 Å². The van der Waals surface area contributed by atoms with E-state index in [-0.39, 0.29) is 6.10 Å². The molecule has 0 aliphatic heterocycles. The van der Waals surface area contributed by atoms with Crippen molar-refractivity contribution in [1.29, 1.82) is 0 Å². The topological polar surface area (TPSA) is 43.7 Å². The monoisotopic (exact) mass is 175 g/mol. The average molecular weight is 175 g/mol. The Kier molecular flexibility index (Phi) is 4.75. The van der Waals surface area contributed by atoms with E-state index in [4.69, 9.17) is 5.11 Å². The summed E-state index contributed by atoms with van der Waals surface area (Å²) in [5.41, 5.74) is -0.676. The summed E-state index contributed by atoms with van der Waals surface area (Å²) in [6, 6.07) is 0. The molecule has 0 spiro atoms. The second-order valence-corrected chi connectivity index (χ2v) is 3.99. The van der Waals surface area contributed by atoms with Gasteiger partial charge in [0.25, 0.3) is 0 Å². The molecular weight excluding hydrogens is 154 g/mol. The van der Waals surface area contributed by atoms with Crippen molar-refractivity contribution >= 4 is 0 Å². The quantitative estimate of drug-likeness (QED) is 0.638. The summed E-state index contributed by atoms with van der Waals surface area (Å²) < 4.78 is 0. The van der Waals surface area contributed by atoms with Gasteiger partial charge < -0.3 is 10.2 Å². The maximum absolute atomic E-state index is 9.51. The maximum atomic E-state index is 9.51. The van der Waals surface area contributed by atoms with Gasteiger partial charge in [-0.3, -0.25) is 4.90 Å². The molecule has 74 valence electrons. The standard InChI is InChI=1S/C9H21NO2/c1-5-10(6-8(2)11)7-9(3,4)12/h8,11-12H,5-7H2,1-4H3/t8-/m1/s1. The third-order valence-electron chi connectivity index (χ3n) is 1.58. The van der Waals surface area contributed by atoms with Crippen molar-refractivity contribution in [2.24, 2.45) is 0 Å². The molecular formula is C9H21NO2. The molecule has 0 aliphatic rings. The number of rotatable bonds is 5. The van der Waals surface area contributed by atoms with E-state index >= 15 is 0 Å². The van der Waals surface area contributed by atoms with Crippen LogP contribution in [0.1, 0.15) is 27.7 Å². The molecule has 0 saturated heterocycles. The summed E-state index contributed by atoms with van der Waals surface area (Å²) in [6.45, 7) is 9.42. The summed E-state index contributed by atoms with van der Waals surface area (Å²) in [5, 5.41) is 18.6. The first-order chi connectivity index (χ1) is 5.35. The number of aliphatic hydroxyl groups excluding tert-OH is 1. The van der Waals surface area contributed by atoms with Gasteiger partial charge in [0.05, 0.1) is 11.7 Å². The zero-order chi connectivity index (χ0) is 9.78. The molecule has 3 nitrogen and oxygen atoms in total. The van der Waals surface area contributed by atoms with Crippen LogP contribution in [0.3, 0.4) is 0 Å². The smallest absolute Gasteiger partial charge is 0.0718 e. The minimum absolute atomic E-state index is 0.327. The lowest BCUT2D eigenvalue weighted by atomic mass is 10.1. The van der Waals surface area contributed by atoms with Crippen LogP contribution >= 0.6 is 0 Å². The van der Waals surface area contributed by atoms with Crippen molar-refractivity contribution in [3.8, 4) is 0 Å². The zero-order valence-electron chi connectivity index (χ0n) is 8.54. The van der Waals surface area contributed by atoms with Crippen LogP contribution in [0.2, 0.25) is 0 Å². The Labute approximate surface area is 75.0 Å². The van der Waals surface area contributed by atoms with Crippen molar-refractivity contribution in [2.75, 3.05) is 19.6 Å². The molecule has 0 rings (SSSR count). The Morgan fingerprint density at radius 2 is 1.92 bits per heavy atom. The highest BCUT2D eigenvalue weighted by molar-refractivity contribution is 4.72. The van der Waals surface area contributed by atoms with Crippen LogP contribution in [0.25, 0.3) is 0 Å². The van der Waals surface area contributed by atoms with Crippen LogP contribution in [-0.4, -0.2) is 46.5 Å². The Bertz CT molecular complexity index is 118. The van der Waals surface area contributed by atoms with E-state index < -0.39 is 5.60 Å². The number of likely N-dealkylation sites (N-methyl/N-ethyl adjacent to an activating group) is 1. The zero-order valence-corrected chi connectivity index (χ0v) is 8.54. The van der Waals surface area contributed by atoms with Crippen LogP contribution in [0.4, 0.5) is 0 Å².